The fraction of sp³-hybridized carbons (Fsp3) is 0.750. The molecule has 0 rings (SSSR count). The molecule has 0 aliphatic heterocycles. The second kappa shape index (κ2) is 8.94. The number of hydrogen-bond acceptors (Lipinski definition) is 7. The summed E-state index contributed by atoms with van der Waals surface area (Å²) in [7, 11) is 0.105. The van der Waals surface area contributed by atoms with Crippen molar-refractivity contribution in [2.24, 2.45) is 5.92 Å². The fourth-order valence-corrected chi connectivity index (χ4v) is 3.09. The summed E-state index contributed by atoms with van der Waals surface area (Å²) in [5.41, 5.74) is 0. The van der Waals surface area contributed by atoms with Gasteiger partial charge in [0.25, 0.3) is 0 Å². The Hall–Kier alpha value is -1.72. The first kappa shape index (κ1) is 22.3. The van der Waals surface area contributed by atoms with E-state index in [1.54, 1.807) is 6.07 Å². The summed E-state index contributed by atoms with van der Waals surface area (Å²) in [6, 6.07) is 1.63. The number of Topliss-reactive ketones (excluding diaryl/α,β-unsaturated/α-hetero) is 1. The van der Waals surface area contributed by atoms with Gasteiger partial charge in [0.05, 0.1) is 32.8 Å². The zero-order valence-electron chi connectivity index (χ0n) is 15.5. The third-order valence-electron chi connectivity index (χ3n) is 4.21. The lowest BCUT2D eigenvalue weighted by Crippen LogP contribution is -2.45. The smallest absolute Gasteiger partial charge is 0.330 e. The standard InChI is InChI=1S/C16H27NO6Si/c1-16(2,3)24(6,7)23-11(9-14(19)21-4)8-13(18)12(10-17)15(20)22-5/h11-12H,8-9H2,1-7H3/t11?,12-/m1/s1. The van der Waals surface area contributed by atoms with Gasteiger partial charge in [0.1, 0.15) is 0 Å². The van der Waals surface area contributed by atoms with Gasteiger partial charge in [-0.1, -0.05) is 20.8 Å². The van der Waals surface area contributed by atoms with Crippen molar-refractivity contribution in [3.8, 4) is 6.07 Å². The van der Waals surface area contributed by atoms with E-state index in [1.165, 1.54) is 7.11 Å². The van der Waals surface area contributed by atoms with Crippen molar-refractivity contribution in [1.82, 2.24) is 0 Å². The number of ketones is 1. The predicted molar refractivity (Wildman–Crippen MR) is 89.4 cm³/mol. The van der Waals surface area contributed by atoms with Gasteiger partial charge in [-0.3, -0.25) is 14.4 Å². The maximum atomic E-state index is 12.3. The summed E-state index contributed by atoms with van der Waals surface area (Å²) in [5.74, 6) is -3.57. The molecular formula is C16H27NO6Si. The van der Waals surface area contributed by atoms with Crippen LogP contribution >= 0.6 is 0 Å². The number of nitrogens with zero attached hydrogens (tertiary/aromatic N) is 1. The Morgan fingerprint density at radius 1 is 1.08 bits per heavy atom. The van der Waals surface area contributed by atoms with Gasteiger partial charge in [-0.05, 0) is 18.1 Å². The highest BCUT2D eigenvalue weighted by Gasteiger charge is 2.41. The molecule has 0 aliphatic rings. The molecule has 0 radical (unpaired) electrons. The van der Waals surface area contributed by atoms with Gasteiger partial charge in [0.15, 0.2) is 14.1 Å². The van der Waals surface area contributed by atoms with Crippen LogP contribution in [0.15, 0.2) is 0 Å². The van der Waals surface area contributed by atoms with Crippen LogP contribution in [0, 0.1) is 17.2 Å². The maximum absolute atomic E-state index is 12.3. The van der Waals surface area contributed by atoms with E-state index in [9.17, 15) is 14.4 Å². The van der Waals surface area contributed by atoms with Crippen molar-refractivity contribution < 1.29 is 28.3 Å². The molecule has 0 amide bonds. The van der Waals surface area contributed by atoms with Crippen molar-refractivity contribution in [1.29, 1.82) is 5.26 Å². The van der Waals surface area contributed by atoms with Gasteiger partial charge >= 0.3 is 11.9 Å². The minimum atomic E-state index is -2.25. The fourth-order valence-electron chi connectivity index (χ4n) is 1.73. The third-order valence-corrected chi connectivity index (χ3v) is 8.74. The van der Waals surface area contributed by atoms with Crippen molar-refractivity contribution in [3.05, 3.63) is 0 Å². The van der Waals surface area contributed by atoms with E-state index >= 15 is 0 Å². The first-order valence-electron chi connectivity index (χ1n) is 7.64. The average Bonchev–Trinajstić information content (AvgIpc) is 2.45. The molecule has 0 fully saturated rings. The quantitative estimate of drug-likeness (QED) is 0.373. The summed E-state index contributed by atoms with van der Waals surface area (Å²) < 4.78 is 15.2. The number of carbonyl (C=O) groups is 3. The van der Waals surface area contributed by atoms with E-state index in [2.05, 4.69) is 9.47 Å². The van der Waals surface area contributed by atoms with E-state index < -0.39 is 38.1 Å². The highest BCUT2D eigenvalue weighted by molar-refractivity contribution is 6.74. The molecule has 0 saturated heterocycles. The lowest BCUT2D eigenvalue weighted by Gasteiger charge is -2.39. The summed E-state index contributed by atoms with van der Waals surface area (Å²) in [6.07, 6.45) is -1.09. The van der Waals surface area contributed by atoms with Crippen molar-refractivity contribution in [2.75, 3.05) is 14.2 Å². The maximum Gasteiger partial charge on any atom is 0.330 e. The number of carbonyl (C=O) groups excluding carboxylic acids is 3. The zero-order chi connectivity index (χ0) is 19.1. The van der Waals surface area contributed by atoms with Crippen LogP contribution in [0.3, 0.4) is 0 Å². The van der Waals surface area contributed by atoms with Gasteiger partial charge in [0.2, 0.25) is 5.92 Å². The molecule has 0 aromatic heterocycles. The topological polar surface area (TPSA) is 103 Å². The number of esters is 2. The monoisotopic (exact) mass is 357 g/mol. The molecule has 0 heterocycles. The minimum Gasteiger partial charge on any atom is -0.469 e. The molecule has 0 spiro atoms. The van der Waals surface area contributed by atoms with Crippen LogP contribution < -0.4 is 0 Å². The Morgan fingerprint density at radius 3 is 2.00 bits per heavy atom. The zero-order valence-corrected chi connectivity index (χ0v) is 16.5. The summed E-state index contributed by atoms with van der Waals surface area (Å²) in [6.45, 7) is 10.1. The van der Waals surface area contributed by atoms with Crippen molar-refractivity contribution in [2.45, 2.75) is 57.8 Å². The molecule has 0 saturated carbocycles. The SMILES string of the molecule is COC(=O)CC(CC(=O)[C@@H](C#N)C(=O)OC)O[Si](C)(C)C(C)(C)C. The Bertz CT molecular complexity index is 518. The molecule has 0 aromatic carbocycles. The van der Waals surface area contributed by atoms with Crippen LogP contribution in [0.2, 0.25) is 18.1 Å². The van der Waals surface area contributed by atoms with Gasteiger partial charge in [-0.15, -0.1) is 0 Å². The van der Waals surface area contributed by atoms with Gasteiger partial charge in [0, 0.05) is 6.42 Å². The minimum absolute atomic E-state index is 0.117. The molecule has 136 valence electrons. The summed E-state index contributed by atoms with van der Waals surface area (Å²) in [4.78, 5) is 35.4. The number of hydrogen-bond donors (Lipinski definition) is 0. The van der Waals surface area contributed by atoms with Gasteiger partial charge in [-0.25, -0.2) is 0 Å². The number of nitriles is 1. The van der Waals surface area contributed by atoms with Crippen LogP contribution in [0.5, 0.6) is 0 Å². The molecule has 2 atom stereocenters. The van der Waals surface area contributed by atoms with E-state index in [0.717, 1.165) is 7.11 Å². The number of methoxy groups -OCH3 is 2. The molecule has 0 aliphatic carbocycles. The largest absolute Gasteiger partial charge is 0.469 e. The normalized spacial score (nSPS) is 14.2. The van der Waals surface area contributed by atoms with Crippen molar-refractivity contribution >= 4 is 26.0 Å². The van der Waals surface area contributed by atoms with Crippen LogP contribution in [0.4, 0.5) is 0 Å². The number of rotatable bonds is 8. The first-order valence-corrected chi connectivity index (χ1v) is 10.5. The second-order valence-corrected chi connectivity index (χ2v) is 11.8. The molecule has 8 heteroatoms. The summed E-state index contributed by atoms with van der Waals surface area (Å²) in [5, 5.41) is 8.88. The highest BCUT2D eigenvalue weighted by Crippen LogP contribution is 2.38. The first-order chi connectivity index (χ1) is 10.9. The van der Waals surface area contributed by atoms with Crippen LogP contribution in [-0.2, 0) is 28.3 Å². The van der Waals surface area contributed by atoms with E-state index in [1.807, 2.05) is 33.9 Å². The highest BCUT2D eigenvalue weighted by atomic mass is 28.4. The van der Waals surface area contributed by atoms with Gasteiger partial charge in [-0.2, -0.15) is 5.26 Å². The third kappa shape index (κ3) is 6.41. The molecule has 1 unspecified atom stereocenters. The molecule has 24 heavy (non-hydrogen) atoms. The Morgan fingerprint density at radius 2 is 1.62 bits per heavy atom. The molecule has 7 nitrogen and oxygen atoms in total. The van der Waals surface area contributed by atoms with Gasteiger partial charge < -0.3 is 13.9 Å². The Kier molecular flexibility index (Phi) is 8.30. The molecular weight excluding hydrogens is 330 g/mol. The lowest BCUT2D eigenvalue weighted by molar-refractivity contribution is -0.147. The molecule has 0 N–H and O–H groups in total. The van der Waals surface area contributed by atoms with Crippen LogP contribution in [-0.4, -0.2) is 46.4 Å². The second-order valence-electron chi connectivity index (χ2n) is 7.04. The van der Waals surface area contributed by atoms with Crippen LogP contribution in [0.25, 0.3) is 0 Å². The average molecular weight is 357 g/mol. The van der Waals surface area contributed by atoms with Crippen molar-refractivity contribution in [3.63, 3.8) is 0 Å². The number of ether oxygens (including phenoxy) is 2. The van der Waals surface area contributed by atoms with E-state index in [-0.39, 0.29) is 17.9 Å². The van der Waals surface area contributed by atoms with E-state index in [4.69, 9.17) is 9.69 Å². The molecule has 0 aromatic rings. The van der Waals surface area contributed by atoms with Crippen LogP contribution in [0.1, 0.15) is 33.6 Å². The summed E-state index contributed by atoms with van der Waals surface area (Å²) >= 11 is 0. The Labute approximate surface area is 144 Å². The Balaban J connectivity index is 5.30. The molecule has 0 bridgehead atoms. The van der Waals surface area contributed by atoms with E-state index in [0.29, 0.717) is 0 Å². The predicted octanol–water partition coefficient (Wildman–Crippen LogP) is 2.21. The lowest BCUT2D eigenvalue weighted by atomic mass is 9.99.